The summed E-state index contributed by atoms with van der Waals surface area (Å²) in [6, 6.07) is 14.8. The van der Waals surface area contributed by atoms with Crippen LogP contribution in [0.3, 0.4) is 0 Å². The van der Waals surface area contributed by atoms with E-state index >= 15 is 0 Å². The first-order valence-corrected chi connectivity index (χ1v) is 13.4. The molecule has 0 spiro atoms. The predicted octanol–water partition coefficient (Wildman–Crippen LogP) is 7.57. The third-order valence-corrected chi connectivity index (χ3v) is 6.73. The van der Waals surface area contributed by atoms with Crippen molar-refractivity contribution in [2.24, 2.45) is 0 Å². The second kappa shape index (κ2) is 10.2. The first-order valence-electron chi connectivity index (χ1n) is 13.4. The van der Waals surface area contributed by atoms with Crippen LogP contribution in [0.5, 0.6) is 0 Å². The van der Waals surface area contributed by atoms with E-state index in [-0.39, 0.29) is 30.4 Å². The van der Waals surface area contributed by atoms with Crippen molar-refractivity contribution >= 4 is 22.9 Å². The Morgan fingerprint density at radius 2 is 1.82 bits per heavy atom. The number of esters is 1. The molecule has 0 radical (unpaired) electrons. The highest BCUT2D eigenvalue weighted by atomic mass is 19.1. The van der Waals surface area contributed by atoms with E-state index in [9.17, 15) is 9.18 Å². The molecule has 5 rings (SSSR count). The van der Waals surface area contributed by atoms with Crippen molar-refractivity contribution in [1.82, 2.24) is 4.98 Å². The minimum Gasteiger partial charge on any atom is -0.460 e. The van der Waals surface area contributed by atoms with Gasteiger partial charge < -0.3 is 14.2 Å². The summed E-state index contributed by atoms with van der Waals surface area (Å²) in [6.45, 7) is 9.31. The van der Waals surface area contributed by atoms with Crippen LogP contribution in [0.1, 0.15) is 77.5 Å². The molecule has 0 bridgehead atoms. The van der Waals surface area contributed by atoms with Gasteiger partial charge in [-0.05, 0) is 71.2 Å². The van der Waals surface area contributed by atoms with Gasteiger partial charge in [0.25, 0.3) is 0 Å². The van der Waals surface area contributed by atoms with Crippen LogP contribution in [-0.4, -0.2) is 34.5 Å². The molecule has 2 fully saturated rings. The zero-order chi connectivity index (χ0) is 27.1. The van der Waals surface area contributed by atoms with E-state index < -0.39 is 11.4 Å². The van der Waals surface area contributed by atoms with Crippen LogP contribution in [0.4, 0.5) is 4.39 Å². The Balaban J connectivity index is 1.51. The van der Waals surface area contributed by atoms with Crippen LogP contribution >= 0.6 is 0 Å². The lowest BCUT2D eigenvalue weighted by Gasteiger charge is -2.39. The highest BCUT2D eigenvalue weighted by molar-refractivity contribution is 5.99. The Labute approximate surface area is 224 Å². The first-order chi connectivity index (χ1) is 18.0. The molecule has 2 heterocycles. The van der Waals surface area contributed by atoms with Crippen molar-refractivity contribution in [3.8, 4) is 11.1 Å². The molecule has 2 aliphatic rings. The number of hydrogen-bond acceptors (Lipinski definition) is 5. The normalized spacial score (nSPS) is 21.6. The molecule has 0 amide bonds. The zero-order valence-corrected chi connectivity index (χ0v) is 22.8. The number of fused-ring (bicyclic) bond motifs is 1. The lowest BCUT2D eigenvalue weighted by Crippen LogP contribution is -2.45. The van der Waals surface area contributed by atoms with Gasteiger partial charge in [-0.25, -0.2) is 4.39 Å². The monoisotopic (exact) mass is 517 g/mol. The summed E-state index contributed by atoms with van der Waals surface area (Å²) in [5.41, 5.74) is 4.49. The van der Waals surface area contributed by atoms with Crippen molar-refractivity contribution < 1.29 is 23.4 Å². The highest BCUT2D eigenvalue weighted by Gasteiger charge is 2.36. The highest BCUT2D eigenvalue weighted by Crippen LogP contribution is 2.45. The molecule has 6 heteroatoms. The van der Waals surface area contributed by atoms with Crippen molar-refractivity contribution in [2.45, 2.75) is 89.8 Å². The minimum absolute atomic E-state index is 0.167. The second-order valence-electron chi connectivity index (χ2n) is 11.8. The van der Waals surface area contributed by atoms with Crippen molar-refractivity contribution in [2.75, 3.05) is 0 Å². The first kappa shape index (κ1) is 26.5. The Bertz CT molecular complexity index is 1350. The van der Waals surface area contributed by atoms with Gasteiger partial charge in [0.15, 0.2) is 5.79 Å². The maximum absolute atomic E-state index is 13.8. The average Bonchev–Trinajstić information content (AvgIpc) is 3.66. The maximum atomic E-state index is 13.8. The van der Waals surface area contributed by atoms with E-state index in [0.29, 0.717) is 12.3 Å². The van der Waals surface area contributed by atoms with Gasteiger partial charge in [0.1, 0.15) is 11.4 Å². The van der Waals surface area contributed by atoms with Crippen LogP contribution < -0.4 is 0 Å². The lowest BCUT2D eigenvalue weighted by molar-refractivity contribution is -0.290. The largest absolute Gasteiger partial charge is 0.460 e. The summed E-state index contributed by atoms with van der Waals surface area (Å²) in [4.78, 5) is 17.6. The maximum Gasteiger partial charge on any atom is 0.308 e. The number of para-hydroxylation sites is 1. The Kier molecular flexibility index (Phi) is 7.14. The number of hydrogen-bond donors (Lipinski definition) is 0. The molecule has 1 aromatic heterocycles. The van der Waals surface area contributed by atoms with E-state index in [1.165, 1.54) is 12.1 Å². The molecule has 2 aromatic carbocycles. The lowest BCUT2D eigenvalue weighted by atomic mass is 9.92. The molecular formula is C32H36FNO4. The summed E-state index contributed by atoms with van der Waals surface area (Å²) in [5, 5.41) is 1.03. The van der Waals surface area contributed by atoms with Crippen LogP contribution in [0.25, 0.3) is 28.1 Å². The van der Waals surface area contributed by atoms with Crippen molar-refractivity contribution in [1.29, 1.82) is 0 Å². The molecule has 200 valence electrons. The molecule has 1 saturated carbocycles. The predicted molar refractivity (Wildman–Crippen MR) is 147 cm³/mol. The number of pyridine rings is 1. The molecule has 5 nitrogen and oxygen atoms in total. The number of carbonyl (C=O) groups is 1. The fourth-order valence-electron chi connectivity index (χ4n) is 5.17. The summed E-state index contributed by atoms with van der Waals surface area (Å²) in [6.07, 6.45) is 6.48. The Morgan fingerprint density at radius 1 is 1.11 bits per heavy atom. The molecule has 1 saturated heterocycles. The van der Waals surface area contributed by atoms with Gasteiger partial charge in [0.05, 0.1) is 29.8 Å². The number of halogens is 1. The van der Waals surface area contributed by atoms with E-state index in [1.54, 1.807) is 0 Å². The van der Waals surface area contributed by atoms with Crippen LogP contribution in [0.2, 0.25) is 0 Å². The zero-order valence-electron chi connectivity index (χ0n) is 22.8. The van der Waals surface area contributed by atoms with Gasteiger partial charge in [-0.2, -0.15) is 0 Å². The molecule has 1 aliphatic carbocycles. The number of benzene rings is 2. The van der Waals surface area contributed by atoms with Crippen LogP contribution in [0.15, 0.2) is 54.6 Å². The molecule has 0 N–H and O–H groups in total. The van der Waals surface area contributed by atoms with Gasteiger partial charge in [0, 0.05) is 28.9 Å². The number of rotatable bonds is 6. The topological polar surface area (TPSA) is 57.7 Å². The number of carbonyl (C=O) groups excluding carboxylic acids is 1. The third-order valence-electron chi connectivity index (χ3n) is 6.73. The average molecular weight is 518 g/mol. The minimum atomic E-state index is -0.847. The number of nitrogens with zero attached hydrogens (tertiary/aromatic N) is 1. The number of ether oxygens (including phenoxy) is 3. The molecule has 2 atom stereocenters. The van der Waals surface area contributed by atoms with Crippen molar-refractivity contribution in [3.05, 3.63) is 71.7 Å². The van der Waals surface area contributed by atoms with Gasteiger partial charge >= 0.3 is 5.97 Å². The van der Waals surface area contributed by atoms with E-state index in [4.69, 9.17) is 19.2 Å². The Morgan fingerprint density at radius 3 is 2.50 bits per heavy atom. The SMILES string of the molecule is CC(C)(C)OC(=O)C[C@@H]1C[C@H](/C=C\c2c(C3CC3)nc3ccccc3c2-c2ccc(F)cc2)OC(C)(C)O1. The fourth-order valence-corrected chi connectivity index (χ4v) is 5.17. The summed E-state index contributed by atoms with van der Waals surface area (Å²) in [7, 11) is 0. The van der Waals surface area contributed by atoms with E-state index in [1.807, 2.05) is 65.0 Å². The van der Waals surface area contributed by atoms with Crippen LogP contribution in [-0.2, 0) is 19.0 Å². The van der Waals surface area contributed by atoms with Crippen molar-refractivity contribution in [3.63, 3.8) is 0 Å². The smallest absolute Gasteiger partial charge is 0.308 e. The molecule has 0 unspecified atom stereocenters. The van der Waals surface area contributed by atoms with Gasteiger partial charge in [-0.15, -0.1) is 0 Å². The van der Waals surface area contributed by atoms with Gasteiger partial charge in [-0.3, -0.25) is 9.78 Å². The molecule has 1 aliphatic heterocycles. The summed E-state index contributed by atoms with van der Waals surface area (Å²) < 4.78 is 31.7. The van der Waals surface area contributed by atoms with E-state index in [2.05, 4.69) is 18.2 Å². The summed E-state index contributed by atoms with van der Waals surface area (Å²) >= 11 is 0. The molecular weight excluding hydrogens is 481 g/mol. The van der Waals surface area contributed by atoms with Gasteiger partial charge in [-0.1, -0.05) is 42.5 Å². The third kappa shape index (κ3) is 6.30. The Hall–Kier alpha value is -3.09. The van der Waals surface area contributed by atoms with Gasteiger partial charge in [0.2, 0.25) is 0 Å². The molecule has 3 aromatic rings. The quantitative estimate of drug-likeness (QED) is 0.316. The summed E-state index contributed by atoms with van der Waals surface area (Å²) in [5.74, 6) is -0.983. The standard InChI is InChI=1S/C32H36FNO4/c1-31(2,3)38-28(35)19-24-18-23(36-32(4,5)37-24)16-17-26-29(20-12-14-22(33)15-13-20)25-8-6-7-9-27(25)34-30(26)21-10-11-21/h6-9,12-17,21,23-24H,10-11,18-19H2,1-5H3/b17-16-/t23-,24-/m0/s1. The van der Waals surface area contributed by atoms with Crippen LogP contribution in [0, 0.1) is 5.82 Å². The molecule has 38 heavy (non-hydrogen) atoms. The number of aromatic nitrogens is 1. The van der Waals surface area contributed by atoms with E-state index in [0.717, 1.165) is 46.1 Å². The fraction of sp³-hybridized carbons (Fsp3) is 0.438. The second-order valence-corrected chi connectivity index (χ2v) is 11.8.